The Labute approximate surface area is 248 Å². The highest BCUT2D eigenvalue weighted by Crippen LogP contribution is 2.35. The minimum Gasteiger partial charge on any atom is -0.493 e. The summed E-state index contributed by atoms with van der Waals surface area (Å²) in [5.74, 6) is 0.794. The third-order valence-electron chi connectivity index (χ3n) is 6.69. The summed E-state index contributed by atoms with van der Waals surface area (Å²) >= 11 is 0.878. The first kappa shape index (κ1) is 28.8. The van der Waals surface area contributed by atoms with Gasteiger partial charge in [0, 0.05) is 11.1 Å². The Bertz CT molecular complexity index is 1650. The fourth-order valence-corrected chi connectivity index (χ4v) is 5.33. The average molecular weight is 583 g/mol. The number of amides is 3. The van der Waals surface area contributed by atoms with Crippen molar-refractivity contribution < 1.29 is 28.6 Å². The van der Waals surface area contributed by atoms with Crippen LogP contribution in [0.2, 0.25) is 0 Å². The summed E-state index contributed by atoms with van der Waals surface area (Å²) < 4.78 is 17.1. The van der Waals surface area contributed by atoms with Crippen LogP contribution in [0.1, 0.15) is 18.1 Å². The van der Waals surface area contributed by atoms with Crippen molar-refractivity contribution in [2.45, 2.75) is 13.3 Å². The summed E-state index contributed by atoms with van der Waals surface area (Å²) in [7, 11) is 1.49. The van der Waals surface area contributed by atoms with Crippen LogP contribution < -0.4 is 19.5 Å². The number of imide groups is 1. The molecule has 1 aliphatic rings. The molecule has 1 heterocycles. The van der Waals surface area contributed by atoms with Gasteiger partial charge < -0.3 is 19.5 Å². The molecule has 0 radical (unpaired) electrons. The van der Waals surface area contributed by atoms with Gasteiger partial charge in [-0.2, -0.15) is 0 Å². The molecule has 0 unspecified atom stereocenters. The Morgan fingerprint density at radius 2 is 1.69 bits per heavy atom. The number of carbonyl (C=O) groups is 3. The Morgan fingerprint density at radius 3 is 2.48 bits per heavy atom. The summed E-state index contributed by atoms with van der Waals surface area (Å²) in [5, 5.41) is 4.48. The molecule has 1 N–H and O–H groups in total. The molecule has 0 aliphatic carbocycles. The molecule has 1 saturated heterocycles. The zero-order valence-corrected chi connectivity index (χ0v) is 24.1. The number of benzene rings is 4. The quantitative estimate of drug-likeness (QED) is 0.201. The number of anilines is 1. The highest BCUT2D eigenvalue weighted by atomic mass is 32.2. The van der Waals surface area contributed by atoms with E-state index in [9.17, 15) is 14.4 Å². The first-order valence-corrected chi connectivity index (χ1v) is 14.3. The van der Waals surface area contributed by atoms with E-state index in [2.05, 4.69) is 12.2 Å². The smallest absolute Gasteiger partial charge is 0.293 e. The summed E-state index contributed by atoms with van der Waals surface area (Å²) in [6, 6.07) is 26.4. The second kappa shape index (κ2) is 13.3. The van der Waals surface area contributed by atoms with Crippen LogP contribution >= 0.6 is 11.8 Å². The molecular formula is C33H30N2O6S. The van der Waals surface area contributed by atoms with Gasteiger partial charge in [-0.25, -0.2) is 0 Å². The third-order valence-corrected chi connectivity index (χ3v) is 7.59. The predicted molar refractivity (Wildman–Crippen MR) is 165 cm³/mol. The number of fused-ring (bicyclic) bond motifs is 1. The number of hydrogen-bond donors (Lipinski definition) is 1. The van der Waals surface area contributed by atoms with E-state index >= 15 is 0 Å². The molecule has 4 aromatic carbocycles. The van der Waals surface area contributed by atoms with E-state index in [1.54, 1.807) is 24.3 Å². The maximum atomic E-state index is 13.0. The van der Waals surface area contributed by atoms with Crippen molar-refractivity contribution in [3.63, 3.8) is 0 Å². The number of hydrogen-bond acceptors (Lipinski definition) is 7. The van der Waals surface area contributed by atoms with Crippen LogP contribution in [-0.2, 0) is 16.0 Å². The van der Waals surface area contributed by atoms with Gasteiger partial charge in [0.15, 0.2) is 18.1 Å². The van der Waals surface area contributed by atoms with Crippen molar-refractivity contribution in [3.8, 4) is 17.2 Å². The highest BCUT2D eigenvalue weighted by Gasteiger charge is 2.34. The van der Waals surface area contributed by atoms with Crippen LogP contribution in [0.15, 0.2) is 89.8 Å². The van der Waals surface area contributed by atoms with Crippen molar-refractivity contribution in [1.29, 1.82) is 0 Å². The van der Waals surface area contributed by atoms with Crippen molar-refractivity contribution in [3.05, 3.63) is 101 Å². The second-order valence-corrected chi connectivity index (χ2v) is 10.4. The molecule has 214 valence electrons. The molecule has 5 rings (SSSR count). The van der Waals surface area contributed by atoms with Crippen molar-refractivity contribution >= 4 is 51.4 Å². The van der Waals surface area contributed by atoms with Gasteiger partial charge in [0.25, 0.3) is 17.1 Å². The van der Waals surface area contributed by atoms with E-state index in [1.807, 2.05) is 66.7 Å². The Morgan fingerprint density at radius 1 is 0.905 bits per heavy atom. The van der Waals surface area contributed by atoms with Gasteiger partial charge >= 0.3 is 0 Å². The largest absolute Gasteiger partial charge is 0.493 e. The molecule has 0 saturated carbocycles. The average Bonchev–Trinajstić information content (AvgIpc) is 3.28. The molecule has 42 heavy (non-hydrogen) atoms. The molecule has 4 aromatic rings. The maximum absolute atomic E-state index is 13.0. The van der Waals surface area contributed by atoms with Gasteiger partial charge in [0.2, 0.25) is 0 Å². The number of aryl methyl sites for hydroxylation is 1. The first-order chi connectivity index (χ1) is 20.4. The number of thioether (sulfide) groups is 1. The number of ether oxygens (including phenoxy) is 3. The minimum atomic E-state index is -0.380. The molecule has 9 heteroatoms. The van der Waals surface area contributed by atoms with Crippen LogP contribution in [0.4, 0.5) is 10.5 Å². The van der Waals surface area contributed by atoms with E-state index in [0.717, 1.165) is 29.0 Å². The van der Waals surface area contributed by atoms with Crippen LogP contribution in [0, 0.1) is 0 Å². The summed E-state index contributed by atoms with van der Waals surface area (Å²) in [5.41, 5.74) is 2.53. The molecule has 0 bridgehead atoms. The lowest BCUT2D eigenvalue weighted by atomic mass is 10.1. The van der Waals surface area contributed by atoms with Crippen molar-refractivity contribution in [1.82, 2.24) is 4.90 Å². The third kappa shape index (κ3) is 6.75. The lowest BCUT2D eigenvalue weighted by molar-refractivity contribution is -0.123. The molecule has 8 nitrogen and oxygen atoms in total. The molecule has 1 aliphatic heterocycles. The number of nitrogens with one attached hydrogen (secondary N) is 1. The topological polar surface area (TPSA) is 94.2 Å². The molecule has 0 atom stereocenters. The van der Waals surface area contributed by atoms with Gasteiger partial charge in [-0.3, -0.25) is 19.3 Å². The summed E-state index contributed by atoms with van der Waals surface area (Å²) in [4.78, 5) is 39.5. The van der Waals surface area contributed by atoms with Crippen LogP contribution in [0.5, 0.6) is 17.2 Å². The number of carbonyl (C=O) groups excluding carboxylic acids is 3. The molecule has 3 amide bonds. The number of methoxy groups -OCH3 is 1. The highest BCUT2D eigenvalue weighted by molar-refractivity contribution is 8.18. The summed E-state index contributed by atoms with van der Waals surface area (Å²) in [6.07, 6.45) is 2.56. The maximum Gasteiger partial charge on any atom is 0.293 e. The monoisotopic (exact) mass is 582 g/mol. The Kier molecular flexibility index (Phi) is 9.08. The lowest BCUT2D eigenvalue weighted by Crippen LogP contribution is -2.32. The van der Waals surface area contributed by atoms with Gasteiger partial charge in [0.05, 0.1) is 18.6 Å². The van der Waals surface area contributed by atoms with E-state index < -0.39 is 0 Å². The first-order valence-electron chi connectivity index (χ1n) is 13.5. The van der Waals surface area contributed by atoms with Crippen LogP contribution in [0.3, 0.4) is 0 Å². The van der Waals surface area contributed by atoms with Gasteiger partial charge in [-0.05, 0) is 71.1 Å². The fraction of sp³-hybridized carbons (Fsp3) is 0.182. The zero-order valence-electron chi connectivity index (χ0n) is 23.3. The second-order valence-electron chi connectivity index (χ2n) is 9.46. The number of rotatable bonds is 11. The van der Waals surface area contributed by atoms with Gasteiger partial charge in [-0.1, -0.05) is 61.5 Å². The predicted octanol–water partition coefficient (Wildman–Crippen LogP) is 6.54. The van der Waals surface area contributed by atoms with E-state index in [-0.39, 0.29) is 36.8 Å². The molecule has 0 aromatic heterocycles. The standard InChI is InChI=1S/C33H30N2O6S/c1-3-22-11-14-25(15-12-22)34-31(36)21-41-28-16-13-23(19-29(28)39-2)20-30-32(37)35(33(38)42-30)17-18-40-27-10-6-8-24-7-4-5-9-26(24)27/h4-16,19-20H,3,17-18,21H2,1-2H3,(H,34,36)/b30-20-. The lowest BCUT2D eigenvalue weighted by Gasteiger charge is -2.14. The molecule has 0 spiro atoms. The Balaban J connectivity index is 1.18. The fourth-order valence-electron chi connectivity index (χ4n) is 4.47. The Hall–Kier alpha value is -4.76. The number of nitrogens with zero attached hydrogens (tertiary/aromatic N) is 1. The van der Waals surface area contributed by atoms with Gasteiger partial charge in [-0.15, -0.1) is 0 Å². The van der Waals surface area contributed by atoms with Crippen molar-refractivity contribution in [2.75, 3.05) is 32.2 Å². The molecule has 1 fully saturated rings. The minimum absolute atomic E-state index is 0.131. The summed E-state index contributed by atoms with van der Waals surface area (Å²) in [6.45, 7) is 2.17. The molecular weight excluding hydrogens is 552 g/mol. The van der Waals surface area contributed by atoms with Gasteiger partial charge in [0.1, 0.15) is 12.4 Å². The van der Waals surface area contributed by atoms with E-state index in [1.165, 1.54) is 17.6 Å². The van der Waals surface area contributed by atoms with Crippen LogP contribution in [-0.4, -0.2) is 48.8 Å². The normalized spacial score (nSPS) is 14.0. The SMILES string of the molecule is CCc1ccc(NC(=O)COc2ccc(/C=C3\SC(=O)N(CCOc4cccc5ccccc45)C3=O)cc2OC)cc1. The van der Waals surface area contributed by atoms with E-state index in [0.29, 0.717) is 33.4 Å². The van der Waals surface area contributed by atoms with Crippen molar-refractivity contribution in [2.24, 2.45) is 0 Å². The zero-order chi connectivity index (χ0) is 29.5. The van der Waals surface area contributed by atoms with E-state index in [4.69, 9.17) is 14.2 Å². The van der Waals surface area contributed by atoms with Crippen LogP contribution in [0.25, 0.3) is 16.8 Å².